The van der Waals surface area contributed by atoms with E-state index in [4.69, 9.17) is 5.73 Å². The minimum absolute atomic E-state index is 0.0227. The molecule has 0 saturated carbocycles. The van der Waals surface area contributed by atoms with Gasteiger partial charge in [0.25, 0.3) is 0 Å². The van der Waals surface area contributed by atoms with Gasteiger partial charge in [-0.2, -0.15) is 10.2 Å². The predicted molar refractivity (Wildman–Crippen MR) is 124 cm³/mol. The molecule has 0 bridgehead atoms. The molecular weight excluding hydrogens is 402 g/mol. The lowest BCUT2D eigenvalue weighted by Gasteiger charge is -2.36. The second kappa shape index (κ2) is 8.47. The van der Waals surface area contributed by atoms with Crippen LogP contribution in [0.25, 0.3) is 16.6 Å². The maximum Gasteiger partial charge on any atom is 0.239 e. The lowest BCUT2D eigenvalue weighted by atomic mass is 10.1. The molecule has 3 aromatic heterocycles. The zero-order valence-electron chi connectivity index (χ0n) is 18.1. The van der Waals surface area contributed by atoms with E-state index in [1.54, 1.807) is 4.68 Å². The number of nitrogens with zero attached hydrogens (tertiary/aromatic N) is 6. The lowest BCUT2D eigenvalue weighted by molar-refractivity contribution is -0.132. The van der Waals surface area contributed by atoms with Crippen molar-refractivity contribution in [3.8, 4) is 11.1 Å². The van der Waals surface area contributed by atoms with Crippen LogP contribution >= 0.6 is 0 Å². The summed E-state index contributed by atoms with van der Waals surface area (Å²) in [7, 11) is 1.91. The number of fused-ring (bicyclic) bond motifs is 1. The van der Waals surface area contributed by atoms with Gasteiger partial charge in [0, 0.05) is 56.7 Å². The molecule has 4 aromatic rings. The van der Waals surface area contributed by atoms with E-state index < -0.39 is 6.04 Å². The molecule has 164 valence electrons. The van der Waals surface area contributed by atoms with E-state index in [9.17, 15) is 4.79 Å². The molecule has 1 saturated heterocycles. The van der Waals surface area contributed by atoms with Gasteiger partial charge in [0.2, 0.25) is 5.91 Å². The Hall–Kier alpha value is -3.65. The van der Waals surface area contributed by atoms with Crippen molar-refractivity contribution in [2.24, 2.45) is 12.8 Å². The first-order chi connectivity index (χ1) is 15.6. The van der Waals surface area contributed by atoms with Crippen molar-refractivity contribution >= 4 is 17.1 Å². The number of rotatable bonds is 5. The molecule has 32 heavy (non-hydrogen) atoms. The van der Waals surface area contributed by atoms with E-state index in [0.29, 0.717) is 19.5 Å². The molecule has 1 aromatic carbocycles. The van der Waals surface area contributed by atoms with Crippen molar-refractivity contribution in [2.45, 2.75) is 12.5 Å². The van der Waals surface area contributed by atoms with E-state index in [1.165, 1.54) is 0 Å². The molecule has 8 nitrogen and oxygen atoms in total. The van der Waals surface area contributed by atoms with Crippen LogP contribution in [0, 0.1) is 0 Å². The highest BCUT2D eigenvalue weighted by Gasteiger charge is 2.26. The van der Waals surface area contributed by atoms with Crippen LogP contribution in [0.3, 0.4) is 0 Å². The smallest absolute Gasteiger partial charge is 0.239 e. The number of amides is 1. The highest BCUT2D eigenvalue weighted by molar-refractivity contribution is 5.82. The fraction of sp³-hybridized carbons (Fsp3) is 0.292. The molecule has 0 spiro atoms. The SMILES string of the molecule is Cn1cc(-c2ccc3c(N4CCN(C(=O)[C@H](N)Cc5ccccc5)CC4)cnn3c2)cn1. The number of carbonyl (C=O) groups excluding carboxylic acids is 1. The van der Waals surface area contributed by atoms with Crippen LogP contribution in [-0.2, 0) is 18.3 Å². The van der Waals surface area contributed by atoms with E-state index >= 15 is 0 Å². The van der Waals surface area contributed by atoms with Crippen molar-refractivity contribution in [3.63, 3.8) is 0 Å². The Labute approximate surface area is 186 Å². The summed E-state index contributed by atoms with van der Waals surface area (Å²) in [6.07, 6.45) is 8.33. The van der Waals surface area contributed by atoms with Crippen molar-refractivity contribution in [1.29, 1.82) is 0 Å². The van der Waals surface area contributed by atoms with Crippen molar-refractivity contribution in [3.05, 3.63) is 72.8 Å². The first kappa shape index (κ1) is 20.3. The summed E-state index contributed by atoms with van der Waals surface area (Å²) >= 11 is 0. The van der Waals surface area contributed by atoms with Crippen LogP contribution in [0.1, 0.15) is 5.56 Å². The Kier molecular flexibility index (Phi) is 5.36. The van der Waals surface area contributed by atoms with Crippen molar-refractivity contribution in [2.75, 3.05) is 31.1 Å². The molecule has 1 aliphatic rings. The highest BCUT2D eigenvalue weighted by atomic mass is 16.2. The standard InChI is InChI=1S/C24H27N7O/c1-28-16-20(14-26-28)19-7-8-22-23(15-27-31(22)17-19)29-9-11-30(12-10-29)24(32)21(25)13-18-5-3-2-4-6-18/h2-8,14-17,21H,9-13,25H2,1H3/t21-/m1/s1. The number of benzene rings is 1. The zero-order chi connectivity index (χ0) is 22.1. The summed E-state index contributed by atoms with van der Waals surface area (Å²) in [6.45, 7) is 2.84. The van der Waals surface area contributed by atoms with Gasteiger partial charge in [-0.05, 0) is 18.1 Å². The summed E-state index contributed by atoms with van der Waals surface area (Å²) in [5.41, 5.74) is 11.6. The average Bonchev–Trinajstić information content (AvgIpc) is 3.45. The Balaban J connectivity index is 1.24. The molecule has 8 heteroatoms. The maximum atomic E-state index is 12.8. The normalized spacial score (nSPS) is 15.3. The summed E-state index contributed by atoms with van der Waals surface area (Å²) in [5.74, 6) is 0.0227. The number of aromatic nitrogens is 4. The van der Waals surface area contributed by atoms with Crippen LogP contribution < -0.4 is 10.6 Å². The Morgan fingerprint density at radius 2 is 1.75 bits per heavy atom. The van der Waals surface area contributed by atoms with E-state index in [0.717, 1.165) is 41.0 Å². The molecule has 0 unspecified atom stereocenters. The van der Waals surface area contributed by atoms with Gasteiger partial charge < -0.3 is 15.5 Å². The number of nitrogens with two attached hydrogens (primary N) is 1. The summed E-state index contributed by atoms with van der Waals surface area (Å²) in [4.78, 5) is 17.0. The predicted octanol–water partition coefficient (Wildman–Crippen LogP) is 1.95. The number of pyridine rings is 1. The van der Waals surface area contributed by atoms with Gasteiger partial charge in [-0.15, -0.1) is 0 Å². The first-order valence-electron chi connectivity index (χ1n) is 10.9. The van der Waals surface area contributed by atoms with E-state index in [2.05, 4.69) is 27.2 Å². The van der Waals surface area contributed by atoms with Gasteiger partial charge in [0.1, 0.15) is 0 Å². The van der Waals surface area contributed by atoms with Crippen LogP contribution in [-0.4, -0.2) is 62.4 Å². The summed E-state index contributed by atoms with van der Waals surface area (Å²) in [5, 5.41) is 8.81. The quantitative estimate of drug-likeness (QED) is 0.524. The third-order valence-electron chi connectivity index (χ3n) is 6.08. The number of anilines is 1. The average molecular weight is 430 g/mol. The largest absolute Gasteiger partial charge is 0.365 e. The van der Waals surface area contributed by atoms with E-state index in [-0.39, 0.29) is 5.91 Å². The minimum Gasteiger partial charge on any atom is -0.365 e. The second-order valence-electron chi connectivity index (χ2n) is 8.29. The lowest BCUT2D eigenvalue weighted by Crippen LogP contribution is -2.53. The monoisotopic (exact) mass is 429 g/mol. The minimum atomic E-state index is -0.508. The molecule has 0 aliphatic carbocycles. The molecule has 1 fully saturated rings. The van der Waals surface area contributed by atoms with Gasteiger partial charge in [-0.1, -0.05) is 36.4 Å². The van der Waals surface area contributed by atoms with Gasteiger partial charge in [-0.3, -0.25) is 9.48 Å². The molecule has 2 N–H and O–H groups in total. The van der Waals surface area contributed by atoms with Gasteiger partial charge in [0.15, 0.2) is 0 Å². The van der Waals surface area contributed by atoms with Crippen LogP contribution in [0.2, 0.25) is 0 Å². The highest BCUT2D eigenvalue weighted by Crippen LogP contribution is 2.26. The van der Waals surface area contributed by atoms with Crippen LogP contribution in [0.15, 0.2) is 67.3 Å². The fourth-order valence-electron chi connectivity index (χ4n) is 4.31. The molecule has 5 rings (SSSR count). The Bertz CT molecular complexity index is 1220. The summed E-state index contributed by atoms with van der Waals surface area (Å²) < 4.78 is 3.70. The van der Waals surface area contributed by atoms with Gasteiger partial charge >= 0.3 is 0 Å². The van der Waals surface area contributed by atoms with Crippen molar-refractivity contribution < 1.29 is 4.79 Å². The topological polar surface area (TPSA) is 84.7 Å². The second-order valence-corrected chi connectivity index (χ2v) is 8.29. The van der Waals surface area contributed by atoms with Crippen LogP contribution in [0.4, 0.5) is 5.69 Å². The fourth-order valence-corrected chi connectivity index (χ4v) is 4.31. The number of aryl methyl sites for hydroxylation is 1. The third kappa shape index (κ3) is 3.97. The molecule has 0 radical (unpaired) electrons. The Morgan fingerprint density at radius 1 is 0.969 bits per heavy atom. The maximum absolute atomic E-state index is 12.8. The molecule has 1 atom stereocenters. The number of piperazine rings is 1. The number of hydrogen-bond acceptors (Lipinski definition) is 5. The van der Waals surface area contributed by atoms with Gasteiger partial charge in [-0.25, -0.2) is 4.52 Å². The Morgan fingerprint density at radius 3 is 2.47 bits per heavy atom. The van der Waals surface area contributed by atoms with Crippen molar-refractivity contribution in [1.82, 2.24) is 24.3 Å². The molecular formula is C24H27N7O. The number of hydrogen-bond donors (Lipinski definition) is 1. The first-order valence-corrected chi connectivity index (χ1v) is 10.9. The molecule has 1 aliphatic heterocycles. The molecule has 1 amide bonds. The number of carbonyl (C=O) groups is 1. The summed E-state index contributed by atoms with van der Waals surface area (Å²) in [6, 6.07) is 13.6. The van der Waals surface area contributed by atoms with Gasteiger partial charge in [0.05, 0.1) is 29.6 Å². The van der Waals surface area contributed by atoms with Crippen LogP contribution in [0.5, 0.6) is 0 Å². The molecule has 4 heterocycles. The van der Waals surface area contributed by atoms with E-state index in [1.807, 2.05) is 71.6 Å². The zero-order valence-corrected chi connectivity index (χ0v) is 18.1. The third-order valence-corrected chi connectivity index (χ3v) is 6.08.